The van der Waals surface area contributed by atoms with Crippen LogP contribution < -0.4 is 5.32 Å². The summed E-state index contributed by atoms with van der Waals surface area (Å²) in [7, 11) is 1.77. The lowest BCUT2D eigenvalue weighted by atomic mass is 9.92. The van der Waals surface area contributed by atoms with E-state index >= 15 is 0 Å². The van der Waals surface area contributed by atoms with E-state index in [4.69, 9.17) is 4.74 Å². The van der Waals surface area contributed by atoms with E-state index in [0.29, 0.717) is 12.6 Å². The summed E-state index contributed by atoms with van der Waals surface area (Å²) in [5.41, 5.74) is 1.28. The van der Waals surface area contributed by atoms with Crippen LogP contribution in [-0.4, -0.2) is 19.8 Å². The molecule has 21 heavy (non-hydrogen) atoms. The van der Waals surface area contributed by atoms with Gasteiger partial charge in [-0.05, 0) is 37.7 Å². The van der Waals surface area contributed by atoms with Crippen LogP contribution in [0.2, 0.25) is 0 Å². The number of ether oxygens (including phenoxy) is 1. The minimum absolute atomic E-state index is 0.230. The Kier molecular flexibility index (Phi) is 7.25. The SMILES string of the molecule is CCCC[C@H](N[C@H](COC)c1ccccc1)[C]1[CH][CH][CH][CH]1. The maximum absolute atomic E-state index is 5.42. The third kappa shape index (κ3) is 5.12. The molecular weight excluding hydrogens is 258 g/mol. The van der Waals surface area contributed by atoms with Crippen LogP contribution >= 0.6 is 0 Å². The van der Waals surface area contributed by atoms with E-state index in [0.717, 1.165) is 6.42 Å². The summed E-state index contributed by atoms with van der Waals surface area (Å²) in [5, 5.41) is 3.78. The molecule has 0 aliphatic heterocycles. The topological polar surface area (TPSA) is 21.3 Å². The van der Waals surface area contributed by atoms with E-state index in [1.165, 1.54) is 24.3 Å². The van der Waals surface area contributed by atoms with E-state index in [1.54, 1.807) is 7.11 Å². The lowest BCUT2D eigenvalue weighted by molar-refractivity contribution is 0.161. The van der Waals surface area contributed by atoms with Crippen LogP contribution in [0.1, 0.15) is 37.8 Å². The second-order valence-corrected chi connectivity index (χ2v) is 5.50. The molecule has 2 rings (SSSR count). The average molecular weight is 284 g/mol. The van der Waals surface area contributed by atoms with Crippen molar-refractivity contribution in [1.29, 1.82) is 0 Å². The molecule has 2 nitrogen and oxygen atoms in total. The molecule has 0 bridgehead atoms. The van der Waals surface area contributed by atoms with Gasteiger partial charge in [-0.15, -0.1) is 0 Å². The molecule has 1 aromatic rings. The molecule has 1 saturated carbocycles. The molecule has 0 aromatic heterocycles. The van der Waals surface area contributed by atoms with Gasteiger partial charge in [-0.2, -0.15) is 0 Å². The molecule has 0 heterocycles. The lowest BCUT2D eigenvalue weighted by Crippen LogP contribution is -2.39. The predicted molar refractivity (Wildman–Crippen MR) is 88.0 cm³/mol. The molecule has 113 valence electrons. The molecule has 1 fully saturated rings. The molecular formula is C19H26NO. The monoisotopic (exact) mass is 284 g/mol. The summed E-state index contributed by atoms with van der Waals surface area (Å²) in [6, 6.07) is 11.2. The van der Waals surface area contributed by atoms with E-state index in [2.05, 4.69) is 68.3 Å². The zero-order valence-electron chi connectivity index (χ0n) is 13.1. The van der Waals surface area contributed by atoms with Crippen molar-refractivity contribution in [3.63, 3.8) is 0 Å². The number of nitrogens with one attached hydrogen (secondary N) is 1. The van der Waals surface area contributed by atoms with Gasteiger partial charge in [-0.25, -0.2) is 0 Å². The van der Waals surface area contributed by atoms with Crippen LogP contribution in [0.3, 0.4) is 0 Å². The highest BCUT2D eigenvalue weighted by Crippen LogP contribution is 2.30. The zero-order chi connectivity index (χ0) is 14.9. The molecule has 1 aliphatic rings. The Hall–Kier alpha value is -0.860. The smallest absolute Gasteiger partial charge is 0.0657 e. The third-order valence-electron chi connectivity index (χ3n) is 3.87. The normalized spacial score (nSPS) is 18.8. The second kappa shape index (κ2) is 9.22. The molecule has 2 atom stereocenters. The Labute approximate surface area is 130 Å². The van der Waals surface area contributed by atoms with E-state index in [9.17, 15) is 0 Å². The van der Waals surface area contributed by atoms with Gasteiger partial charge in [-0.3, -0.25) is 0 Å². The highest BCUT2D eigenvalue weighted by molar-refractivity contribution is 5.39. The summed E-state index contributed by atoms with van der Waals surface area (Å²) < 4.78 is 5.42. The van der Waals surface area contributed by atoms with Crippen molar-refractivity contribution < 1.29 is 4.74 Å². The van der Waals surface area contributed by atoms with Crippen LogP contribution in [-0.2, 0) is 4.74 Å². The Morgan fingerprint density at radius 1 is 1.05 bits per heavy atom. The maximum atomic E-state index is 5.42. The highest BCUT2D eigenvalue weighted by Gasteiger charge is 2.28. The van der Waals surface area contributed by atoms with Crippen molar-refractivity contribution in [3.8, 4) is 0 Å². The Morgan fingerprint density at radius 3 is 2.38 bits per heavy atom. The Bertz CT molecular complexity index is 372. The molecule has 1 aliphatic carbocycles. The van der Waals surface area contributed by atoms with Crippen molar-refractivity contribution in [2.45, 2.75) is 38.3 Å². The van der Waals surface area contributed by atoms with Gasteiger partial charge in [0.05, 0.1) is 12.6 Å². The number of rotatable bonds is 9. The summed E-state index contributed by atoms with van der Waals surface area (Å²) in [6.07, 6.45) is 12.3. The third-order valence-corrected chi connectivity index (χ3v) is 3.87. The lowest BCUT2D eigenvalue weighted by Gasteiger charge is -2.29. The number of benzene rings is 1. The maximum Gasteiger partial charge on any atom is 0.0657 e. The largest absolute Gasteiger partial charge is 0.383 e. The average Bonchev–Trinajstić information content (AvgIpc) is 3.05. The first-order valence-electron chi connectivity index (χ1n) is 7.86. The molecule has 0 unspecified atom stereocenters. The summed E-state index contributed by atoms with van der Waals surface area (Å²) in [6.45, 7) is 2.93. The van der Waals surface area contributed by atoms with Crippen LogP contribution in [0.5, 0.6) is 0 Å². The first-order chi connectivity index (χ1) is 10.3. The van der Waals surface area contributed by atoms with Crippen molar-refractivity contribution >= 4 is 0 Å². The molecule has 5 radical (unpaired) electrons. The van der Waals surface area contributed by atoms with Gasteiger partial charge in [0.2, 0.25) is 0 Å². The quantitative estimate of drug-likeness (QED) is 0.742. The van der Waals surface area contributed by atoms with E-state index in [-0.39, 0.29) is 6.04 Å². The highest BCUT2D eigenvalue weighted by atomic mass is 16.5. The fourth-order valence-corrected chi connectivity index (χ4v) is 2.71. The molecule has 0 spiro atoms. The molecule has 0 saturated heterocycles. The summed E-state index contributed by atoms with van der Waals surface area (Å²) in [5.74, 6) is 1.38. The standard InChI is InChI=1S/C19H26NO/c1-3-4-14-18(16-12-8-9-13-16)20-19(15-21-2)17-10-6-5-7-11-17/h5-13,18-20H,3-4,14-15H2,1-2H3/t18-,19+/m0/s1. The first kappa shape index (κ1) is 16.5. The second-order valence-electron chi connectivity index (χ2n) is 5.50. The Morgan fingerprint density at radius 2 is 1.76 bits per heavy atom. The van der Waals surface area contributed by atoms with Crippen molar-refractivity contribution in [2.75, 3.05) is 13.7 Å². The number of hydrogen-bond donors (Lipinski definition) is 1. The van der Waals surface area contributed by atoms with Gasteiger partial charge in [0.1, 0.15) is 0 Å². The van der Waals surface area contributed by atoms with E-state index in [1.807, 2.05) is 0 Å². The minimum atomic E-state index is 0.230. The van der Waals surface area contributed by atoms with Gasteiger partial charge < -0.3 is 10.1 Å². The van der Waals surface area contributed by atoms with Gasteiger partial charge in [0.15, 0.2) is 0 Å². The predicted octanol–water partition coefficient (Wildman–Crippen LogP) is 3.93. The molecule has 1 aromatic carbocycles. The zero-order valence-corrected chi connectivity index (χ0v) is 13.1. The van der Waals surface area contributed by atoms with Gasteiger partial charge >= 0.3 is 0 Å². The first-order valence-corrected chi connectivity index (χ1v) is 7.86. The number of hydrogen-bond acceptors (Lipinski definition) is 2. The fraction of sp³-hybridized carbons (Fsp3) is 0.421. The van der Waals surface area contributed by atoms with Crippen LogP contribution in [0.25, 0.3) is 0 Å². The van der Waals surface area contributed by atoms with Crippen molar-refractivity contribution in [1.82, 2.24) is 5.32 Å². The van der Waals surface area contributed by atoms with E-state index < -0.39 is 0 Å². The van der Waals surface area contributed by atoms with Crippen LogP contribution in [0.15, 0.2) is 30.3 Å². The van der Waals surface area contributed by atoms with Gasteiger partial charge in [0, 0.05) is 19.1 Å². The van der Waals surface area contributed by atoms with Gasteiger partial charge in [0.25, 0.3) is 0 Å². The Balaban J connectivity index is 2.03. The molecule has 1 N–H and O–H groups in total. The van der Waals surface area contributed by atoms with Gasteiger partial charge in [-0.1, -0.05) is 50.1 Å². The minimum Gasteiger partial charge on any atom is -0.383 e. The molecule has 0 amide bonds. The number of unbranched alkanes of at least 4 members (excludes halogenated alkanes) is 1. The summed E-state index contributed by atoms with van der Waals surface area (Å²) >= 11 is 0. The van der Waals surface area contributed by atoms with Crippen LogP contribution in [0, 0.1) is 31.6 Å². The molecule has 2 heteroatoms. The van der Waals surface area contributed by atoms with Crippen LogP contribution in [0.4, 0.5) is 0 Å². The summed E-state index contributed by atoms with van der Waals surface area (Å²) in [4.78, 5) is 0. The van der Waals surface area contributed by atoms with Crippen molar-refractivity contribution in [2.24, 2.45) is 0 Å². The fourth-order valence-electron chi connectivity index (χ4n) is 2.71. The number of methoxy groups -OCH3 is 1. The van der Waals surface area contributed by atoms with Crippen molar-refractivity contribution in [3.05, 3.63) is 67.5 Å².